The van der Waals surface area contributed by atoms with Gasteiger partial charge in [-0.15, -0.1) is 11.3 Å². The summed E-state index contributed by atoms with van der Waals surface area (Å²) in [4.78, 5) is 13.7. The first-order valence-corrected chi connectivity index (χ1v) is 7.33. The highest BCUT2D eigenvalue weighted by Gasteiger charge is 2.02. The van der Waals surface area contributed by atoms with Gasteiger partial charge in [-0.25, -0.2) is 9.97 Å². The van der Waals surface area contributed by atoms with E-state index in [4.69, 9.17) is 11.6 Å². The van der Waals surface area contributed by atoms with Crippen molar-refractivity contribution in [3.8, 4) is 0 Å². The zero-order valence-electron chi connectivity index (χ0n) is 11.4. The van der Waals surface area contributed by atoms with E-state index in [1.54, 1.807) is 30.6 Å². The van der Waals surface area contributed by atoms with Crippen LogP contribution in [-0.4, -0.2) is 23.0 Å². The summed E-state index contributed by atoms with van der Waals surface area (Å²) in [6.07, 6.45) is 3.62. The second-order valence-electron chi connectivity index (χ2n) is 4.13. The molecule has 7 heteroatoms. The first-order chi connectivity index (χ1) is 9.67. The normalized spacial score (nSPS) is 11.4. The first kappa shape index (κ1) is 14.7. The Bertz CT molecular complexity index is 579. The van der Waals surface area contributed by atoms with Crippen molar-refractivity contribution >= 4 is 28.9 Å². The molecule has 0 aliphatic heterocycles. The maximum absolute atomic E-state index is 5.75. The van der Waals surface area contributed by atoms with Gasteiger partial charge in [-0.05, 0) is 18.6 Å². The standard InChI is InChI=1S/C13H16ClN5S/c1-9-5-17-12(20-9)8-19-13(15-2)18-7-10-3-4-11(14)16-6-10/h3-6H,7-8H2,1-2H3,(H2,15,18,19). The molecule has 0 radical (unpaired) electrons. The summed E-state index contributed by atoms with van der Waals surface area (Å²) in [7, 11) is 1.74. The van der Waals surface area contributed by atoms with Crippen LogP contribution >= 0.6 is 22.9 Å². The summed E-state index contributed by atoms with van der Waals surface area (Å²) in [5.74, 6) is 0.729. The number of nitrogens with zero attached hydrogens (tertiary/aromatic N) is 3. The number of guanidine groups is 1. The van der Waals surface area contributed by atoms with Crippen molar-refractivity contribution in [3.63, 3.8) is 0 Å². The van der Waals surface area contributed by atoms with Crippen molar-refractivity contribution in [2.24, 2.45) is 4.99 Å². The smallest absolute Gasteiger partial charge is 0.191 e. The van der Waals surface area contributed by atoms with Gasteiger partial charge in [0.2, 0.25) is 0 Å². The third kappa shape index (κ3) is 4.47. The van der Waals surface area contributed by atoms with Crippen molar-refractivity contribution in [2.45, 2.75) is 20.0 Å². The Balaban J connectivity index is 1.82. The molecule has 0 spiro atoms. The molecular weight excluding hydrogens is 294 g/mol. The van der Waals surface area contributed by atoms with Crippen molar-refractivity contribution in [1.82, 2.24) is 20.6 Å². The molecule has 2 aromatic heterocycles. The van der Waals surface area contributed by atoms with Gasteiger partial charge in [-0.2, -0.15) is 0 Å². The van der Waals surface area contributed by atoms with E-state index in [1.807, 2.05) is 19.2 Å². The number of rotatable bonds is 4. The number of hydrogen-bond donors (Lipinski definition) is 2. The van der Waals surface area contributed by atoms with Gasteiger partial charge in [0, 0.05) is 30.9 Å². The van der Waals surface area contributed by atoms with E-state index in [0.717, 1.165) is 16.5 Å². The quantitative estimate of drug-likeness (QED) is 0.517. The lowest BCUT2D eigenvalue weighted by Gasteiger charge is -2.10. The Hall–Kier alpha value is -1.66. The number of halogens is 1. The number of nitrogens with one attached hydrogen (secondary N) is 2. The van der Waals surface area contributed by atoms with E-state index >= 15 is 0 Å². The van der Waals surface area contributed by atoms with Crippen LogP contribution in [0.5, 0.6) is 0 Å². The monoisotopic (exact) mass is 309 g/mol. The molecule has 0 saturated carbocycles. The highest BCUT2D eigenvalue weighted by Crippen LogP contribution is 2.10. The average molecular weight is 310 g/mol. The van der Waals surface area contributed by atoms with Crippen LogP contribution in [0.2, 0.25) is 5.15 Å². The summed E-state index contributed by atoms with van der Waals surface area (Å²) in [5.41, 5.74) is 1.04. The Morgan fingerprint density at radius 2 is 2.05 bits per heavy atom. The molecule has 2 rings (SSSR count). The summed E-state index contributed by atoms with van der Waals surface area (Å²) >= 11 is 7.42. The van der Waals surface area contributed by atoms with Crippen LogP contribution in [0, 0.1) is 6.92 Å². The second-order valence-corrected chi connectivity index (χ2v) is 5.84. The van der Waals surface area contributed by atoms with Crippen LogP contribution in [-0.2, 0) is 13.1 Å². The predicted octanol–water partition coefficient (Wildman–Crippen LogP) is 2.37. The lowest BCUT2D eigenvalue weighted by Crippen LogP contribution is -2.36. The van der Waals surface area contributed by atoms with E-state index in [1.165, 1.54) is 4.88 Å². The van der Waals surface area contributed by atoms with Gasteiger partial charge in [0.1, 0.15) is 10.2 Å². The van der Waals surface area contributed by atoms with Crippen LogP contribution in [0.3, 0.4) is 0 Å². The molecular formula is C13H16ClN5S. The fraction of sp³-hybridized carbons (Fsp3) is 0.308. The average Bonchev–Trinajstić information content (AvgIpc) is 2.87. The highest BCUT2D eigenvalue weighted by molar-refractivity contribution is 7.11. The molecule has 0 aliphatic carbocycles. The van der Waals surface area contributed by atoms with Gasteiger partial charge in [-0.3, -0.25) is 4.99 Å². The predicted molar refractivity (Wildman–Crippen MR) is 83.1 cm³/mol. The molecule has 0 aromatic carbocycles. The lowest BCUT2D eigenvalue weighted by molar-refractivity contribution is 0.803. The number of aryl methyl sites for hydroxylation is 1. The number of pyridine rings is 1. The molecule has 2 aromatic rings. The Kier molecular flexibility index (Phi) is 5.31. The SMILES string of the molecule is CN=C(NCc1ccc(Cl)nc1)NCc1ncc(C)s1. The van der Waals surface area contributed by atoms with Gasteiger partial charge in [0.25, 0.3) is 0 Å². The molecule has 5 nitrogen and oxygen atoms in total. The molecule has 20 heavy (non-hydrogen) atoms. The largest absolute Gasteiger partial charge is 0.352 e. The van der Waals surface area contributed by atoms with E-state index in [2.05, 4.69) is 25.6 Å². The Morgan fingerprint density at radius 1 is 1.25 bits per heavy atom. The van der Waals surface area contributed by atoms with Crippen molar-refractivity contribution in [2.75, 3.05) is 7.05 Å². The van der Waals surface area contributed by atoms with E-state index < -0.39 is 0 Å². The maximum atomic E-state index is 5.75. The minimum atomic E-state index is 0.496. The van der Waals surface area contributed by atoms with Crippen LogP contribution < -0.4 is 10.6 Å². The van der Waals surface area contributed by atoms with Crippen LogP contribution in [0.4, 0.5) is 0 Å². The van der Waals surface area contributed by atoms with Crippen molar-refractivity contribution < 1.29 is 0 Å². The number of aromatic nitrogens is 2. The van der Waals surface area contributed by atoms with Crippen LogP contribution in [0.25, 0.3) is 0 Å². The third-order valence-electron chi connectivity index (χ3n) is 2.55. The lowest BCUT2D eigenvalue weighted by atomic mass is 10.3. The summed E-state index contributed by atoms with van der Waals surface area (Å²) in [5, 5.41) is 7.97. The van der Waals surface area contributed by atoms with Crippen molar-refractivity contribution in [1.29, 1.82) is 0 Å². The maximum Gasteiger partial charge on any atom is 0.191 e. The van der Waals surface area contributed by atoms with Gasteiger partial charge < -0.3 is 10.6 Å². The molecule has 0 aliphatic rings. The summed E-state index contributed by atoms with van der Waals surface area (Å²) < 4.78 is 0. The van der Waals surface area contributed by atoms with E-state index in [-0.39, 0.29) is 0 Å². The molecule has 0 unspecified atom stereocenters. The van der Waals surface area contributed by atoms with Gasteiger partial charge in [0.05, 0.1) is 6.54 Å². The van der Waals surface area contributed by atoms with Gasteiger partial charge in [-0.1, -0.05) is 17.7 Å². The summed E-state index contributed by atoms with van der Waals surface area (Å²) in [6, 6.07) is 3.70. The van der Waals surface area contributed by atoms with Crippen molar-refractivity contribution in [3.05, 3.63) is 45.1 Å². The first-order valence-electron chi connectivity index (χ1n) is 6.13. The second kappa shape index (κ2) is 7.21. The Morgan fingerprint density at radius 3 is 2.65 bits per heavy atom. The third-order valence-corrected chi connectivity index (χ3v) is 3.68. The molecule has 0 saturated heterocycles. The zero-order valence-corrected chi connectivity index (χ0v) is 12.9. The molecule has 0 bridgehead atoms. The van der Waals surface area contributed by atoms with E-state index in [0.29, 0.717) is 18.2 Å². The van der Waals surface area contributed by atoms with E-state index in [9.17, 15) is 0 Å². The molecule has 0 fully saturated rings. The molecule has 106 valence electrons. The Labute approximate surface area is 127 Å². The number of thiazole rings is 1. The molecule has 0 atom stereocenters. The topological polar surface area (TPSA) is 62.2 Å². The summed E-state index contributed by atoms with van der Waals surface area (Å²) in [6.45, 7) is 3.35. The number of aliphatic imine (C=N–C) groups is 1. The fourth-order valence-corrected chi connectivity index (χ4v) is 2.40. The van der Waals surface area contributed by atoms with Crippen LogP contribution in [0.1, 0.15) is 15.4 Å². The zero-order chi connectivity index (χ0) is 14.4. The highest BCUT2D eigenvalue weighted by atomic mass is 35.5. The minimum Gasteiger partial charge on any atom is -0.352 e. The fourth-order valence-electron chi connectivity index (χ4n) is 1.56. The minimum absolute atomic E-state index is 0.496. The molecule has 2 heterocycles. The molecule has 0 amide bonds. The molecule has 2 N–H and O–H groups in total. The van der Waals surface area contributed by atoms with Gasteiger partial charge >= 0.3 is 0 Å². The van der Waals surface area contributed by atoms with Crippen LogP contribution in [0.15, 0.2) is 29.5 Å². The number of hydrogen-bond acceptors (Lipinski definition) is 4. The van der Waals surface area contributed by atoms with Gasteiger partial charge in [0.15, 0.2) is 5.96 Å².